The van der Waals surface area contributed by atoms with Crippen molar-refractivity contribution in [3.63, 3.8) is 0 Å². The average Bonchev–Trinajstić information content (AvgIpc) is 2.61. The normalized spacial score (nSPS) is 14.3. The van der Waals surface area contributed by atoms with Crippen LogP contribution in [0, 0.1) is 11.3 Å². The van der Waals surface area contributed by atoms with Crippen molar-refractivity contribution in [3.8, 4) is 6.07 Å². The Morgan fingerprint density at radius 1 is 1.00 bits per heavy atom. The summed E-state index contributed by atoms with van der Waals surface area (Å²) in [5.74, 6) is 0. The summed E-state index contributed by atoms with van der Waals surface area (Å²) in [7, 11) is 0. The van der Waals surface area contributed by atoms with Crippen molar-refractivity contribution < 1.29 is 0 Å². The molecule has 112 valence electrons. The van der Waals surface area contributed by atoms with E-state index in [4.69, 9.17) is 0 Å². The Morgan fingerprint density at radius 3 is 2.39 bits per heavy atom. The van der Waals surface area contributed by atoms with Gasteiger partial charge in [-0.3, -0.25) is 4.99 Å². The van der Waals surface area contributed by atoms with Crippen LogP contribution in [0.25, 0.3) is 0 Å². The molecule has 1 heterocycles. The maximum Gasteiger partial charge on any atom is 0.0966 e. The highest BCUT2D eigenvalue weighted by molar-refractivity contribution is 5.82. The van der Waals surface area contributed by atoms with Crippen molar-refractivity contribution in [2.24, 2.45) is 4.99 Å². The van der Waals surface area contributed by atoms with Crippen molar-refractivity contribution in [1.29, 1.82) is 5.26 Å². The molecule has 0 saturated carbocycles. The second-order valence-corrected chi connectivity index (χ2v) is 5.40. The summed E-state index contributed by atoms with van der Waals surface area (Å²) in [5, 5.41) is 9.26. The molecule has 23 heavy (non-hydrogen) atoms. The van der Waals surface area contributed by atoms with Crippen LogP contribution in [-0.4, -0.2) is 11.1 Å². The maximum absolute atomic E-state index is 9.26. The summed E-state index contributed by atoms with van der Waals surface area (Å²) in [4.78, 5) is 6.53. The van der Waals surface area contributed by atoms with Gasteiger partial charge in [0, 0.05) is 31.6 Å². The quantitative estimate of drug-likeness (QED) is 0.775. The molecule has 1 aliphatic heterocycles. The van der Waals surface area contributed by atoms with E-state index in [1.165, 1.54) is 5.56 Å². The lowest BCUT2D eigenvalue weighted by atomic mass is 10.1. The van der Waals surface area contributed by atoms with E-state index < -0.39 is 0 Å². The van der Waals surface area contributed by atoms with E-state index in [0.29, 0.717) is 6.42 Å². The van der Waals surface area contributed by atoms with Gasteiger partial charge in [0.2, 0.25) is 0 Å². The lowest BCUT2D eigenvalue weighted by Crippen LogP contribution is -2.15. The van der Waals surface area contributed by atoms with Crippen molar-refractivity contribution in [2.75, 3.05) is 0 Å². The first-order valence-electron chi connectivity index (χ1n) is 7.54. The summed E-state index contributed by atoms with van der Waals surface area (Å²) in [5.41, 5.74) is 3.90. The van der Waals surface area contributed by atoms with Crippen molar-refractivity contribution in [2.45, 2.75) is 13.0 Å². The molecule has 0 unspecified atom stereocenters. The Bertz CT molecular complexity index is 781. The van der Waals surface area contributed by atoms with Gasteiger partial charge in [-0.25, -0.2) is 0 Å². The van der Waals surface area contributed by atoms with Gasteiger partial charge in [-0.1, -0.05) is 48.5 Å². The van der Waals surface area contributed by atoms with Gasteiger partial charge in [0.15, 0.2) is 0 Å². The number of nitrogens with zero attached hydrogens (tertiary/aromatic N) is 3. The Hall–Kier alpha value is -3.12. The predicted octanol–water partition coefficient (Wildman–Crippen LogP) is 4.59. The van der Waals surface area contributed by atoms with Gasteiger partial charge in [0.25, 0.3) is 0 Å². The van der Waals surface area contributed by atoms with Crippen LogP contribution in [0.3, 0.4) is 0 Å². The Balaban J connectivity index is 1.77. The van der Waals surface area contributed by atoms with Crippen LogP contribution >= 0.6 is 0 Å². The molecule has 3 nitrogen and oxygen atoms in total. The van der Waals surface area contributed by atoms with Crippen LogP contribution in [0.5, 0.6) is 0 Å². The van der Waals surface area contributed by atoms with E-state index in [9.17, 15) is 5.26 Å². The highest BCUT2D eigenvalue weighted by Crippen LogP contribution is 2.20. The summed E-state index contributed by atoms with van der Waals surface area (Å²) in [6.07, 6.45) is 6.43. The molecule has 0 bridgehead atoms. The first-order chi connectivity index (χ1) is 11.3. The van der Waals surface area contributed by atoms with E-state index >= 15 is 0 Å². The molecule has 0 fully saturated rings. The van der Waals surface area contributed by atoms with Gasteiger partial charge >= 0.3 is 0 Å². The first-order valence-corrected chi connectivity index (χ1v) is 7.54. The molecule has 0 saturated heterocycles. The molecule has 0 atom stereocenters. The average molecular weight is 299 g/mol. The molecule has 1 aliphatic rings. The second-order valence-electron chi connectivity index (χ2n) is 5.40. The molecule has 2 aromatic rings. The molecular formula is C20H17N3. The smallest absolute Gasteiger partial charge is 0.0966 e. The SMILES string of the molecule is N#CC1=CN(Cc2ccccc2)C=C(C=Nc2ccccc2)C1. The topological polar surface area (TPSA) is 39.4 Å². The molecule has 0 aliphatic carbocycles. The predicted molar refractivity (Wildman–Crippen MR) is 93.0 cm³/mol. The third kappa shape index (κ3) is 4.18. The minimum absolute atomic E-state index is 0.623. The van der Waals surface area contributed by atoms with E-state index in [1.807, 2.05) is 65.8 Å². The van der Waals surface area contributed by atoms with Crippen molar-refractivity contribution >= 4 is 11.9 Å². The number of benzene rings is 2. The molecule has 0 N–H and O–H groups in total. The van der Waals surface area contributed by atoms with E-state index in [1.54, 1.807) is 0 Å². The Kier molecular flexibility index (Phi) is 4.66. The highest BCUT2D eigenvalue weighted by atomic mass is 15.1. The number of rotatable bonds is 4. The molecule has 0 aromatic heterocycles. The number of allylic oxidation sites excluding steroid dienone is 2. The zero-order valence-corrected chi connectivity index (χ0v) is 12.8. The van der Waals surface area contributed by atoms with Crippen molar-refractivity contribution in [1.82, 2.24) is 4.90 Å². The summed E-state index contributed by atoms with van der Waals surface area (Å²) >= 11 is 0. The second kappa shape index (κ2) is 7.24. The van der Waals surface area contributed by atoms with Gasteiger partial charge in [-0.15, -0.1) is 0 Å². The fraction of sp³-hybridized carbons (Fsp3) is 0.100. The highest BCUT2D eigenvalue weighted by Gasteiger charge is 2.11. The zero-order valence-electron chi connectivity index (χ0n) is 12.8. The fourth-order valence-electron chi connectivity index (χ4n) is 2.47. The van der Waals surface area contributed by atoms with Crippen LogP contribution in [-0.2, 0) is 6.54 Å². The van der Waals surface area contributed by atoms with Gasteiger partial charge in [-0.2, -0.15) is 5.26 Å². The molecule has 0 spiro atoms. The van der Waals surface area contributed by atoms with Crippen LogP contribution < -0.4 is 0 Å². The largest absolute Gasteiger partial charge is 0.349 e. The van der Waals surface area contributed by atoms with Crippen molar-refractivity contribution in [3.05, 3.63) is 89.8 Å². The maximum atomic E-state index is 9.26. The fourth-order valence-corrected chi connectivity index (χ4v) is 2.47. The van der Waals surface area contributed by atoms with E-state index in [0.717, 1.165) is 23.4 Å². The minimum atomic E-state index is 0.623. The number of nitriles is 1. The van der Waals surface area contributed by atoms with Crippen LogP contribution in [0.2, 0.25) is 0 Å². The number of aliphatic imine (C=N–C) groups is 1. The van der Waals surface area contributed by atoms with Crippen LogP contribution in [0.15, 0.2) is 89.2 Å². The summed E-state index contributed by atoms with van der Waals surface area (Å²) in [6.45, 7) is 0.745. The number of hydrogen-bond donors (Lipinski definition) is 0. The number of hydrogen-bond acceptors (Lipinski definition) is 3. The van der Waals surface area contributed by atoms with Gasteiger partial charge in [0.05, 0.1) is 17.3 Å². The third-order valence-corrected chi connectivity index (χ3v) is 3.54. The lowest BCUT2D eigenvalue weighted by molar-refractivity contribution is 0.487. The lowest BCUT2D eigenvalue weighted by Gasteiger charge is -2.22. The Morgan fingerprint density at radius 2 is 1.70 bits per heavy atom. The molecular weight excluding hydrogens is 282 g/mol. The molecule has 0 radical (unpaired) electrons. The van der Waals surface area contributed by atoms with Gasteiger partial charge in [-0.05, 0) is 23.3 Å². The van der Waals surface area contributed by atoms with E-state index in [2.05, 4.69) is 29.4 Å². The molecule has 0 amide bonds. The monoisotopic (exact) mass is 299 g/mol. The summed E-state index contributed by atoms with van der Waals surface area (Å²) < 4.78 is 0. The first kappa shape index (κ1) is 14.8. The zero-order chi connectivity index (χ0) is 15.9. The number of para-hydroxylation sites is 1. The standard InChI is InChI=1S/C20H17N3/c21-12-18-11-19(13-22-20-9-5-2-6-10-20)16-23(15-18)14-17-7-3-1-4-8-17/h1-10,13,15-16H,11,14H2. The molecule has 3 heteroatoms. The molecule has 3 rings (SSSR count). The van der Waals surface area contributed by atoms with Crippen LogP contribution in [0.4, 0.5) is 5.69 Å². The van der Waals surface area contributed by atoms with Gasteiger partial charge in [0.1, 0.15) is 0 Å². The third-order valence-electron chi connectivity index (χ3n) is 3.54. The molecule has 2 aromatic carbocycles. The Labute approximate surface area is 136 Å². The van der Waals surface area contributed by atoms with Crippen LogP contribution in [0.1, 0.15) is 12.0 Å². The van der Waals surface area contributed by atoms with E-state index in [-0.39, 0.29) is 0 Å². The minimum Gasteiger partial charge on any atom is -0.349 e. The summed E-state index contributed by atoms with van der Waals surface area (Å²) in [6, 6.07) is 22.3. The van der Waals surface area contributed by atoms with Gasteiger partial charge < -0.3 is 4.90 Å².